The Morgan fingerprint density at radius 1 is 1.36 bits per heavy atom. The number of fused-ring (bicyclic) bond motifs is 1. The van der Waals surface area contributed by atoms with Gasteiger partial charge in [0, 0.05) is 11.1 Å². The van der Waals surface area contributed by atoms with E-state index in [1.54, 1.807) is 25.0 Å². The van der Waals surface area contributed by atoms with Crippen molar-refractivity contribution in [2.45, 2.75) is 16.6 Å². The van der Waals surface area contributed by atoms with E-state index in [0.717, 1.165) is 16.2 Å². The maximum Gasteiger partial charge on any atom is 0.263 e. The highest BCUT2D eigenvalue weighted by molar-refractivity contribution is 8.01. The Balaban J connectivity index is 1.85. The Labute approximate surface area is 149 Å². The van der Waals surface area contributed by atoms with Gasteiger partial charge < -0.3 is 4.74 Å². The van der Waals surface area contributed by atoms with E-state index in [1.807, 2.05) is 30.3 Å². The monoisotopic (exact) mass is 359 g/mol. The Bertz CT molecular complexity index is 782. The molecule has 0 radical (unpaired) electrons. The van der Waals surface area contributed by atoms with Crippen LogP contribution in [0.1, 0.15) is 5.56 Å². The number of hydrogen-bond donors (Lipinski definition) is 2. The first-order valence-electron chi connectivity index (χ1n) is 7.60. The van der Waals surface area contributed by atoms with Crippen molar-refractivity contribution < 1.29 is 19.5 Å². The van der Waals surface area contributed by atoms with E-state index >= 15 is 0 Å². The molecule has 2 aromatic rings. The minimum atomic E-state index is -0.654. The number of nitrogens with one attached hydrogen (secondary N) is 1. The van der Waals surface area contributed by atoms with Crippen molar-refractivity contribution in [2.24, 2.45) is 0 Å². The van der Waals surface area contributed by atoms with Crippen molar-refractivity contribution in [1.82, 2.24) is 10.5 Å². The van der Waals surface area contributed by atoms with E-state index < -0.39 is 5.91 Å². The second-order valence-corrected chi connectivity index (χ2v) is 6.71. The maximum absolute atomic E-state index is 12.9. The average molecular weight is 359 g/mol. The molecule has 1 aliphatic rings. The van der Waals surface area contributed by atoms with Crippen LogP contribution >= 0.6 is 11.8 Å². The smallest absolute Gasteiger partial charge is 0.263 e. The van der Waals surface area contributed by atoms with Gasteiger partial charge in [0.05, 0.1) is 24.2 Å². The van der Waals surface area contributed by atoms with Crippen LogP contribution in [0.4, 0.5) is 5.69 Å². The largest absolute Gasteiger partial charge is 0.497 e. The predicted molar refractivity (Wildman–Crippen MR) is 92.9 cm³/mol. The molecule has 1 aliphatic heterocycles. The number of hydrogen-bond acceptors (Lipinski definition) is 6. The summed E-state index contributed by atoms with van der Waals surface area (Å²) in [5.41, 5.74) is 3.14. The van der Waals surface area contributed by atoms with E-state index in [0.29, 0.717) is 12.1 Å². The number of aromatic nitrogens is 1. The van der Waals surface area contributed by atoms with Crippen LogP contribution in [-0.4, -0.2) is 40.9 Å². The van der Waals surface area contributed by atoms with Crippen LogP contribution in [0.3, 0.4) is 0 Å². The topological polar surface area (TPSA) is 91.8 Å². The van der Waals surface area contributed by atoms with Gasteiger partial charge in [0.1, 0.15) is 12.3 Å². The van der Waals surface area contributed by atoms with Crippen LogP contribution in [0.5, 0.6) is 5.75 Å². The third-order valence-corrected chi connectivity index (χ3v) is 5.12. The van der Waals surface area contributed by atoms with Crippen LogP contribution < -0.4 is 15.1 Å². The number of benzene rings is 1. The molecule has 130 valence electrons. The first kappa shape index (κ1) is 17.2. The van der Waals surface area contributed by atoms with Crippen LogP contribution in [0.2, 0.25) is 0 Å². The summed E-state index contributed by atoms with van der Waals surface area (Å²) < 4.78 is 5.14. The van der Waals surface area contributed by atoms with Crippen molar-refractivity contribution in [1.29, 1.82) is 0 Å². The van der Waals surface area contributed by atoms with Crippen LogP contribution in [0.25, 0.3) is 0 Å². The van der Waals surface area contributed by atoms with E-state index in [-0.39, 0.29) is 17.7 Å². The van der Waals surface area contributed by atoms with Crippen LogP contribution in [0.15, 0.2) is 47.6 Å². The number of thioether (sulfide) groups is 1. The summed E-state index contributed by atoms with van der Waals surface area (Å²) in [5, 5.41) is 8.41. The van der Waals surface area contributed by atoms with Crippen molar-refractivity contribution in [2.75, 3.05) is 18.6 Å². The number of anilines is 1. The van der Waals surface area contributed by atoms with Crippen molar-refractivity contribution in [3.63, 3.8) is 0 Å². The molecule has 3 rings (SSSR count). The number of carbonyl (C=O) groups is 2. The lowest BCUT2D eigenvalue weighted by Gasteiger charge is -2.32. The molecule has 1 atom stereocenters. The SMILES string of the molecule is COc1ccc(CC2Sc3ccncc3N(CC(=O)NO)C2=O)cc1. The van der Waals surface area contributed by atoms with E-state index in [2.05, 4.69) is 4.98 Å². The van der Waals surface area contributed by atoms with E-state index in [4.69, 9.17) is 9.94 Å². The Morgan fingerprint density at radius 3 is 2.80 bits per heavy atom. The summed E-state index contributed by atoms with van der Waals surface area (Å²) >= 11 is 1.45. The minimum absolute atomic E-state index is 0.190. The molecule has 1 unspecified atom stereocenters. The molecule has 0 saturated heterocycles. The van der Waals surface area contributed by atoms with Gasteiger partial charge in [0.15, 0.2) is 0 Å². The fourth-order valence-corrected chi connectivity index (χ4v) is 3.85. The molecule has 1 aromatic heterocycles. The number of methoxy groups -OCH3 is 1. The zero-order valence-corrected chi connectivity index (χ0v) is 14.3. The van der Waals surface area contributed by atoms with Crippen LogP contribution in [0, 0.1) is 0 Å². The number of carbonyl (C=O) groups excluding carboxylic acids is 2. The highest BCUT2D eigenvalue weighted by Crippen LogP contribution is 2.39. The van der Waals surface area contributed by atoms with Crippen molar-refractivity contribution in [3.8, 4) is 5.75 Å². The molecule has 0 aliphatic carbocycles. The molecule has 2 heterocycles. The lowest BCUT2D eigenvalue weighted by molar-refractivity contribution is -0.129. The summed E-state index contributed by atoms with van der Waals surface area (Å²) in [6.45, 7) is -0.256. The molecule has 7 nitrogen and oxygen atoms in total. The number of pyridine rings is 1. The number of nitrogens with zero attached hydrogens (tertiary/aromatic N) is 2. The van der Waals surface area contributed by atoms with Gasteiger partial charge in [-0.25, -0.2) is 5.48 Å². The van der Waals surface area contributed by atoms with Gasteiger partial charge in [0.2, 0.25) is 5.91 Å². The third kappa shape index (κ3) is 3.75. The highest BCUT2D eigenvalue weighted by Gasteiger charge is 2.34. The average Bonchev–Trinajstić information content (AvgIpc) is 2.65. The first-order chi connectivity index (χ1) is 12.1. The molecule has 2 amide bonds. The molecular weight excluding hydrogens is 342 g/mol. The fraction of sp³-hybridized carbons (Fsp3) is 0.235. The van der Waals surface area contributed by atoms with Gasteiger partial charge >= 0.3 is 0 Å². The summed E-state index contributed by atoms with van der Waals surface area (Å²) in [6.07, 6.45) is 3.72. The third-order valence-electron chi connectivity index (χ3n) is 3.87. The van der Waals surface area contributed by atoms with Gasteiger partial charge in [0.25, 0.3) is 5.91 Å². The quantitative estimate of drug-likeness (QED) is 0.623. The predicted octanol–water partition coefficient (Wildman–Crippen LogP) is 1.65. The number of hydroxylamine groups is 1. The van der Waals surface area contributed by atoms with Crippen molar-refractivity contribution in [3.05, 3.63) is 48.3 Å². The van der Waals surface area contributed by atoms with Gasteiger partial charge in [-0.3, -0.25) is 24.7 Å². The second-order valence-electron chi connectivity index (χ2n) is 5.46. The Kier molecular flexibility index (Phi) is 5.20. The van der Waals surface area contributed by atoms with E-state index in [1.165, 1.54) is 16.7 Å². The summed E-state index contributed by atoms with van der Waals surface area (Å²) in [7, 11) is 1.60. The molecule has 0 saturated carbocycles. The number of amides is 2. The fourth-order valence-electron chi connectivity index (χ4n) is 2.62. The maximum atomic E-state index is 12.9. The van der Waals surface area contributed by atoms with Crippen molar-refractivity contribution >= 4 is 29.3 Å². The standard InChI is InChI=1S/C17H17N3O4S/c1-24-12-4-2-11(3-5-12)8-15-17(22)20(10-16(21)19-23)13-9-18-7-6-14(13)25-15/h2-7,9,15,23H,8,10H2,1H3,(H,19,21). The summed E-state index contributed by atoms with van der Waals surface area (Å²) in [4.78, 5) is 30.7. The zero-order chi connectivity index (χ0) is 17.8. The normalized spacial score (nSPS) is 16.3. The van der Waals surface area contributed by atoms with Gasteiger partial charge in [-0.2, -0.15) is 0 Å². The van der Waals surface area contributed by atoms with Gasteiger partial charge in [-0.1, -0.05) is 12.1 Å². The molecule has 0 spiro atoms. The van der Waals surface area contributed by atoms with Gasteiger partial charge in [-0.15, -0.1) is 11.8 Å². The minimum Gasteiger partial charge on any atom is -0.497 e. The molecule has 2 N–H and O–H groups in total. The Morgan fingerprint density at radius 2 is 2.12 bits per heavy atom. The Hall–Kier alpha value is -2.58. The molecule has 0 bridgehead atoms. The molecule has 0 fully saturated rings. The number of ether oxygens (including phenoxy) is 1. The highest BCUT2D eigenvalue weighted by atomic mass is 32.2. The summed E-state index contributed by atoms with van der Waals surface area (Å²) in [5.74, 6) is -0.0906. The lowest BCUT2D eigenvalue weighted by Crippen LogP contribution is -2.46. The van der Waals surface area contributed by atoms with Crippen LogP contribution in [-0.2, 0) is 16.0 Å². The molecule has 8 heteroatoms. The first-order valence-corrected chi connectivity index (χ1v) is 8.48. The molecule has 25 heavy (non-hydrogen) atoms. The van der Waals surface area contributed by atoms with Gasteiger partial charge in [-0.05, 0) is 30.2 Å². The number of rotatable bonds is 5. The zero-order valence-electron chi connectivity index (χ0n) is 13.5. The summed E-state index contributed by atoms with van der Waals surface area (Å²) in [6, 6.07) is 9.35. The molecular formula is C17H17N3O4S. The lowest BCUT2D eigenvalue weighted by atomic mass is 10.1. The van der Waals surface area contributed by atoms with E-state index in [9.17, 15) is 9.59 Å². The second kappa shape index (κ2) is 7.54. The molecule has 1 aromatic carbocycles.